The van der Waals surface area contributed by atoms with E-state index in [-0.39, 0.29) is 42.5 Å². The van der Waals surface area contributed by atoms with Gasteiger partial charge >= 0.3 is 5.97 Å². The number of hydrogen-bond donors (Lipinski definition) is 0. The molecule has 8 heteroatoms. The molecular formula is C25H23BrN2O5. The topological polar surface area (TPSA) is 84.0 Å². The van der Waals surface area contributed by atoms with Gasteiger partial charge in [-0.2, -0.15) is 0 Å². The largest absolute Gasteiger partial charge is 0.426 e. The number of esters is 1. The SMILES string of the molecule is O=C(Oc1ccc(N2C(=O)[C@@H]3CCCC[C@H]3C2=O)cc1)[C@@H]1CC(=O)N(c2ccc(Br)cc2)C1. The Hall–Kier alpha value is -3.00. The molecule has 7 nitrogen and oxygen atoms in total. The molecule has 0 radical (unpaired) electrons. The van der Waals surface area contributed by atoms with Crippen molar-refractivity contribution in [1.82, 2.24) is 0 Å². The molecule has 2 aromatic rings. The van der Waals surface area contributed by atoms with E-state index in [0.717, 1.165) is 35.8 Å². The summed E-state index contributed by atoms with van der Waals surface area (Å²) in [4.78, 5) is 53.5. The van der Waals surface area contributed by atoms with Crippen LogP contribution in [-0.2, 0) is 19.2 Å². The molecule has 0 aromatic heterocycles. The fraction of sp³-hybridized carbons (Fsp3) is 0.360. The number of benzene rings is 2. The Morgan fingerprint density at radius 1 is 0.848 bits per heavy atom. The van der Waals surface area contributed by atoms with Gasteiger partial charge in [0.1, 0.15) is 5.75 Å². The highest BCUT2D eigenvalue weighted by Gasteiger charge is 2.48. The zero-order chi connectivity index (χ0) is 23.1. The highest BCUT2D eigenvalue weighted by Crippen LogP contribution is 2.40. The molecule has 0 N–H and O–H groups in total. The quantitative estimate of drug-likeness (QED) is 0.351. The molecular weight excluding hydrogens is 488 g/mol. The number of hydrogen-bond acceptors (Lipinski definition) is 5. The highest BCUT2D eigenvalue weighted by molar-refractivity contribution is 9.10. The average molecular weight is 511 g/mol. The van der Waals surface area contributed by atoms with Gasteiger partial charge in [-0.1, -0.05) is 28.8 Å². The van der Waals surface area contributed by atoms with Crippen molar-refractivity contribution in [1.29, 1.82) is 0 Å². The summed E-state index contributed by atoms with van der Waals surface area (Å²) in [5.74, 6) is -1.54. The number of amides is 3. The van der Waals surface area contributed by atoms with Crippen molar-refractivity contribution < 1.29 is 23.9 Å². The monoisotopic (exact) mass is 510 g/mol. The highest BCUT2D eigenvalue weighted by atomic mass is 79.9. The second-order valence-electron chi connectivity index (χ2n) is 8.81. The van der Waals surface area contributed by atoms with Crippen LogP contribution in [0.1, 0.15) is 32.1 Å². The van der Waals surface area contributed by atoms with Crippen molar-refractivity contribution in [3.63, 3.8) is 0 Å². The lowest BCUT2D eigenvalue weighted by molar-refractivity contribution is -0.139. The summed E-state index contributed by atoms with van der Waals surface area (Å²) in [6.07, 6.45) is 3.57. The Balaban J connectivity index is 1.24. The van der Waals surface area contributed by atoms with Crippen LogP contribution in [0.2, 0.25) is 0 Å². The van der Waals surface area contributed by atoms with Gasteiger partial charge in [-0.05, 0) is 61.4 Å². The summed E-state index contributed by atoms with van der Waals surface area (Å²) in [5, 5.41) is 0. The third kappa shape index (κ3) is 4.08. The molecule has 5 rings (SSSR count). The molecule has 3 fully saturated rings. The lowest BCUT2D eigenvalue weighted by Gasteiger charge is -2.19. The van der Waals surface area contributed by atoms with Gasteiger partial charge < -0.3 is 9.64 Å². The Labute approximate surface area is 199 Å². The molecule has 170 valence electrons. The Bertz CT molecular complexity index is 1090. The predicted octanol–water partition coefficient (Wildman–Crippen LogP) is 4.09. The van der Waals surface area contributed by atoms with E-state index in [4.69, 9.17) is 4.74 Å². The lowest BCUT2D eigenvalue weighted by Crippen LogP contribution is -2.30. The minimum atomic E-state index is -0.564. The van der Waals surface area contributed by atoms with Crippen LogP contribution < -0.4 is 14.5 Å². The van der Waals surface area contributed by atoms with E-state index in [9.17, 15) is 19.2 Å². The van der Waals surface area contributed by atoms with Crippen molar-refractivity contribution in [2.45, 2.75) is 32.1 Å². The molecule has 1 saturated carbocycles. The maximum absolute atomic E-state index is 12.8. The number of carbonyl (C=O) groups is 4. The fourth-order valence-corrected chi connectivity index (χ4v) is 5.28. The number of imide groups is 1. The summed E-state index contributed by atoms with van der Waals surface area (Å²) in [5.41, 5.74) is 1.24. The molecule has 1 aliphatic carbocycles. The summed E-state index contributed by atoms with van der Waals surface area (Å²) in [7, 11) is 0. The Morgan fingerprint density at radius 3 is 2.03 bits per heavy atom. The van der Waals surface area contributed by atoms with Crippen molar-refractivity contribution in [2.75, 3.05) is 16.3 Å². The maximum Gasteiger partial charge on any atom is 0.316 e. The Morgan fingerprint density at radius 2 is 1.42 bits per heavy atom. The van der Waals surface area contributed by atoms with Crippen molar-refractivity contribution in [3.05, 3.63) is 53.0 Å². The molecule has 2 aromatic carbocycles. The second-order valence-corrected chi connectivity index (χ2v) is 9.72. The van der Waals surface area contributed by atoms with Crippen LogP contribution in [0.4, 0.5) is 11.4 Å². The van der Waals surface area contributed by atoms with E-state index in [1.807, 2.05) is 24.3 Å². The first-order valence-electron chi connectivity index (χ1n) is 11.2. The van der Waals surface area contributed by atoms with Crippen LogP contribution in [-0.4, -0.2) is 30.2 Å². The van der Waals surface area contributed by atoms with Crippen molar-refractivity contribution in [3.8, 4) is 5.75 Å². The first kappa shape index (κ1) is 21.8. The van der Waals surface area contributed by atoms with E-state index in [1.165, 1.54) is 4.90 Å². The van der Waals surface area contributed by atoms with Crippen LogP contribution in [0.25, 0.3) is 0 Å². The zero-order valence-corrected chi connectivity index (χ0v) is 19.5. The van der Waals surface area contributed by atoms with E-state index in [2.05, 4.69) is 15.9 Å². The number of rotatable bonds is 4. The summed E-state index contributed by atoms with van der Waals surface area (Å²) >= 11 is 3.37. The van der Waals surface area contributed by atoms with Crippen LogP contribution in [0.5, 0.6) is 5.75 Å². The standard InChI is InChI=1S/C25H23BrN2O5/c26-16-5-7-17(8-6-16)27-14-15(13-22(27)29)25(32)33-19-11-9-18(10-12-19)28-23(30)20-3-1-2-4-21(20)24(28)31/h5-12,15,20-21H,1-4,13-14H2/t15-,20-,21-/m1/s1. The lowest BCUT2D eigenvalue weighted by atomic mass is 9.81. The third-order valence-electron chi connectivity index (χ3n) is 6.75. The van der Waals surface area contributed by atoms with Gasteiger partial charge in [-0.15, -0.1) is 0 Å². The number of fused-ring (bicyclic) bond motifs is 1. The van der Waals surface area contributed by atoms with Gasteiger partial charge in [0.2, 0.25) is 17.7 Å². The molecule has 2 aliphatic heterocycles. The van der Waals surface area contributed by atoms with Crippen LogP contribution in [0.3, 0.4) is 0 Å². The molecule has 3 atom stereocenters. The molecule has 0 unspecified atom stereocenters. The average Bonchev–Trinajstić information content (AvgIpc) is 3.33. The predicted molar refractivity (Wildman–Crippen MR) is 125 cm³/mol. The van der Waals surface area contributed by atoms with Gasteiger partial charge in [-0.25, -0.2) is 0 Å². The first-order chi connectivity index (χ1) is 15.9. The molecule has 2 heterocycles. The molecule has 2 saturated heterocycles. The number of carbonyl (C=O) groups excluding carboxylic acids is 4. The molecule has 33 heavy (non-hydrogen) atoms. The van der Waals surface area contributed by atoms with Crippen LogP contribution in [0, 0.1) is 17.8 Å². The minimum absolute atomic E-state index is 0.0898. The zero-order valence-electron chi connectivity index (χ0n) is 17.9. The third-order valence-corrected chi connectivity index (χ3v) is 7.28. The number of ether oxygens (including phenoxy) is 1. The van der Waals surface area contributed by atoms with E-state index in [1.54, 1.807) is 29.2 Å². The normalized spacial score (nSPS) is 24.9. The van der Waals surface area contributed by atoms with Crippen LogP contribution >= 0.6 is 15.9 Å². The van der Waals surface area contributed by atoms with E-state index < -0.39 is 11.9 Å². The molecule has 3 amide bonds. The molecule has 0 spiro atoms. The molecule has 0 bridgehead atoms. The van der Waals surface area contributed by atoms with Gasteiger partial charge in [0.05, 0.1) is 23.4 Å². The summed E-state index contributed by atoms with van der Waals surface area (Å²) < 4.78 is 6.41. The summed E-state index contributed by atoms with van der Waals surface area (Å²) in [6.45, 7) is 0.261. The van der Waals surface area contributed by atoms with E-state index >= 15 is 0 Å². The molecule has 3 aliphatic rings. The number of halogens is 1. The second kappa shape index (κ2) is 8.74. The van der Waals surface area contributed by atoms with Crippen molar-refractivity contribution in [2.24, 2.45) is 17.8 Å². The van der Waals surface area contributed by atoms with Gasteiger partial charge in [-0.3, -0.25) is 24.1 Å². The van der Waals surface area contributed by atoms with E-state index in [0.29, 0.717) is 11.4 Å². The maximum atomic E-state index is 12.8. The Kier molecular flexibility index (Phi) is 5.78. The minimum Gasteiger partial charge on any atom is -0.426 e. The summed E-state index contributed by atoms with van der Waals surface area (Å²) in [6, 6.07) is 13.8. The van der Waals surface area contributed by atoms with Gasteiger partial charge in [0.15, 0.2) is 0 Å². The van der Waals surface area contributed by atoms with Crippen molar-refractivity contribution >= 4 is 51.0 Å². The van der Waals surface area contributed by atoms with Gasteiger partial charge in [0.25, 0.3) is 0 Å². The number of nitrogens with zero attached hydrogens (tertiary/aromatic N) is 2. The van der Waals surface area contributed by atoms with Gasteiger partial charge in [0, 0.05) is 23.1 Å². The smallest absolute Gasteiger partial charge is 0.316 e. The number of anilines is 2. The fourth-order valence-electron chi connectivity index (χ4n) is 5.02. The first-order valence-corrected chi connectivity index (χ1v) is 12.0. The van der Waals surface area contributed by atoms with Crippen LogP contribution in [0.15, 0.2) is 53.0 Å².